The smallest absolute Gasteiger partial charge is 0.250 e. The molecule has 2 aliphatic heterocycles. The van der Waals surface area contributed by atoms with E-state index in [0.29, 0.717) is 19.3 Å². The van der Waals surface area contributed by atoms with Crippen molar-refractivity contribution in [2.24, 2.45) is 7.05 Å². The zero-order valence-corrected chi connectivity index (χ0v) is 13.9. The lowest BCUT2D eigenvalue weighted by molar-refractivity contribution is 0.170. The van der Waals surface area contributed by atoms with Crippen LogP contribution in [0.1, 0.15) is 30.0 Å². The first-order valence-corrected chi connectivity index (χ1v) is 8.50. The number of fused-ring (bicyclic) bond motifs is 1. The normalized spacial score (nSPS) is 20.3. The van der Waals surface area contributed by atoms with E-state index in [-0.39, 0.29) is 5.56 Å². The van der Waals surface area contributed by atoms with Crippen molar-refractivity contribution in [1.82, 2.24) is 9.47 Å². The molecule has 0 amide bonds. The first-order valence-electron chi connectivity index (χ1n) is 8.50. The molecule has 1 saturated heterocycles. The molecule has 24 heavy (non-hydrogen) atoms. The maximum atomic E-state index is 11.8. The molecule has 4 rings (SSSR count). The summed E-state index contributed by atoms with van der Waals surface area (Å²) in [5.74, 6) is 1.68. The molecule has 0 saturated carbocycles. The van der Waals surface area contributed by atoms with Crippen LogP contribution >= 0.6 is 0 Å². The lowest BCUT2D eigenvalue weighted by Crippen LogP contribution is -2.25. The first kappa shape index (κ1) is 15.3. The Morgan fingerprint density at radius 2 is 1.96 bits per heavy atom. The molecule has 0 N–H and O–H groups in total. The van der Waals surface area contributed by atoms with Crippen molar-refractivity contribution in [3.05, 3.63) is 58.0 Å². The second-order valence-electron chi connectivity index (χ2n) is 6.52. The Morgan fingerprint density at radius 3 is 2.79 bits per heavy atom. The summed E-state index contributed by atoms with van der Waals surface area (Å²) in [6.45, 7) is 3.08. The van der Waals surface area contributed by atoms with Gasteiger partial charge >= 0.3 is 0 Å². The number of pyridine rings is 1. The molecule has 2 aliphatic rings. The number of hydrogen-bond acceptors (Lipinski definition) is 4. The second kappa shape index (κ2) is 6.32. The summed E-state index contributed by atoms with van der Waals surface area (Å²) in [7, 11) is 1.78. The van der Waals surface area contributed by atoms with E-state index in [0.717, 1.165) is 36.6 Å². The van der Waals surface area contributed by atoms with E-state index in [1.807, 2.05) is 18.3 Å². The maximum Gasteiger partial charge on any atom is 0.250 e. The number of benzene rings is 1. The van der Waals surface area contributed by atoms with Crippen LogP contribution in [0.2, 0.25) is 0 Å². The van der Waals surface area contributed by atoms with E-state index in [4.69, 9.17) is 9.47 Å². The Kier molecular flexibility index (Phi) is 4.02. The van der Waals surface area contributed by atoms with Crippen LogP contribution < -0.4 is 15.0 Å². The lowest BCUT2D eigenvalue weighted by atomic mass is 10.0. The number of nitrogens with zero attached hydrogens (tertiary/aromatic N) is 2. The van der Waals surface area contributed by atoms with Gasteiger partial charge in [-0.3, -0.25) is 9.69 Å². The first-order chi connectivity index (χ1) is 11.7. The lowest BCUT2D eigenvalue weighted by Gasteiger charge is -2.26. The molecule has 5 nitrogen and oxygen atoms in total. The van der Waals surface area contributed by atoms with E-state index >= 15 is 0 Å². The minimum atomic E-state index is 0.0441. The summed E-state index contributed by atoms with van der Waals surface area (Å²) in [6, 6.07) is 10.4. The van der Waals surface area contributed by atoms with Crippen molar-refractivity contribution < 1.29 is 9.47 Å². The minimum Gasteiger partial charge on any atom is -0.486 e. The van der Waals surface area contributed by atoms with Gasteiger partial charge in [0.15, 0.2) is 11.5 Å². The fourth-order valence-corrected chi connectivity index (χ4v) is 3.58. The molecule has 0 unspecified atom stereocenters. The Balaban J connectivity index is 1.56. The van der Waals surface area contributed by atoms with Gasteiger partial charge in [-0.15, -0.1) is 0 Å². The number of likely N-dealkylation sites (tertiary alicyclic amines) is 1. The summed E-state index contributed by atoms with van der Waals surface area (Å²) in [6.07, 6.45) is 4.14. The average molecular weight is 326 g/mol. The van der Waals surface area contributed by atoms with Crippen LogP contribution in [-0.2, 0) is 13.6 Å². The van der Waals surface area contributed by atoms with Gasteiger partial charge in [0.1, 0.15) is 13.2 Å². The van der Waals surface area contributed by atoms with Crippen LogP contribution in [0.25, 0.3) is 0 Å². The highest BCUT2D eigenvalue weighted by Gasteiger charge is 2.27. The monoisotopic (exact) mass is 326 g/mol. The van der Waals surface area contributed by atoms with Gasteiger partial charge in [-0.2, -0.15) is 0 Å². The van der Waals surface area contributed by atoms with Crippen molar-refractivity contribution >= 4 is 0 Å². The highest BCUT2D eigenvalue weighted by molar-refractivity contribution is 5.44. The van der Waals surface area contributed by atoms with Crippen LogP contribution in [-0.4, -0.2) is 29.2 Å². The predicted octanol–water partition coefficient (Wildman–Crippen LogP) is 2.49. The van der Waals surface area contributed by atoms with Gasteiger partial charge < -0.3 is 14.0 Å². The zero-order chi connectivity index (χ0) is 16.5. The molecule has 0 bridgehead atoms. The Bertz CT molecular complexity index is 799. The number of aromatic nitrogens is 1. The fourth-order valence-electron chi connectivity index (χ4n) is 3.58. The number of ether oxygens (including phenoxy) is 2. The van der Waals surface area contributed by atoms with Gasteiger partial charge in [0, 0.05) is 31.9 Å². The van der Waals surface area contributed by atoms with E-state index in [1.165, 1.54) is 12.0 Å². The van der Waals surface area contributed by atoms with Crippen LogP contribution in [0.5, 0.6) is 11.5 Å². The largest absolute Gasteiger partial charge is 0.486 e. The molecule has 2 aromatic rings. The maximum absolute atomic E-state index is 11.8. The molecule has 1 aromatic carbocycles. The third kappa shape index (κ3) is 2.91. The summed E-state index contributed by atoms with van der Waals surface area (Å²) < 4.78 is 12.9. The average Bonchev–Trinajstić information content (AvgIpc) is 3.06. The topological polar surface area (TPSA) is 43.7 Å². The van der Waals surface area contributed by atoms with Gasteiger partial charge in [-0.1, -0.05) is 6.07 Å². The highest BCUT2D eigenvalue weighted by Crippen LogP contribution is 2.38. The third-order valence-corrected chi connectivity index (χ3v) is 4.87. The quantitative estimate of drug-likeness (QED) is 0.869. The summed E-state index contributed by atoms with van der Waals surface area (Å²) in [4.78, 5) is 14.3. The zero-order valence-electron chi connectivity index (χ0n) is 13.9. The Labute approximate surface area is 141 Å². The molecule has 1 fully saturated rings. The van der Waals surface area contributed by atoms with E-state index in [2.05, 4.69) is 17.0 Å². The number of aryl methyl sites for hydroxylation is 1. The Hall–Kier alpha value is -2.27. The molecular weight excluding hydrogens is 304 g/mol. The van der Waals surface area contributed by atoms with Gasteiger partial charge in [0.25, 0.3) is 5.56 Å². The molecule has 3 heterocycles. The van der Waals surface area contributed by atoms with Crippen molar-refractivity contribution in [2.45, 2.75) is 25.4 Å². The van der Waals surface area contributed by atoms with Crippen LogP contribution in [0, 0.1) is 0 Å². The molecule has 0 radical (unpaired) electrons. The van der Waals surface area contributed by atoms with Crippen molar-refractivity contribution in [2.75, 3.05) is 19.8 Å². The second-order valence-corrected chi connectivity index (χ2v) is 6.52. The number of hydrogen-bond donors (Lipinski definition) is 0. The molecule has 5 heteroatoms. The van der Waals surface area contributed by atoms with Crippen LogP contribution in [0.4, 0.5) is 0 Å². The van der Waals surface area contributed by atoms with Crippen molar-refractivity contribution in [3.63, 3.8) is 0 Å². The van der Waals surface area contributed by atoms with Gasteiger partial charge in [-0.25, -0.2) is 0 Å². The summed E-state index contributed by atoms with van der Waals surface area (Å²) in [5, 5.41) is 0. The van der Waals surface area contributed by atoms with Crippen molar-refractivity contribution in [1.29, 1.82) is 0 Å². The van der Waals surface area contributed by atoms with E-state index in [1.54, 1.807) is 17.7 Å². The molecule has 0 spiro atoms. The Morgan fingerprint density at radius 1 is 1.12 bits per heavy atom. The molecule has 1 atom stereocenters. The third-order valence-electron chi connectivity index (χ3n) is 4.87. The van der Waals surface area contributed by atoms with Gasteiger partial charge in [-0.05, 0) is 48.7 Å². The summed E-state index contributed by atoms with van der Waals surface area (Å²) >= 11 is 0. The molecular formula is C19H22N2O3. The highest BCUT2D eigenvalue weighted by atomic mass is 16.6. The number of rotatable bonds is 3. The standard InChI is InChI=1S/C19H22N2O3/c1-20-8-6-14(11-19(20)22)13-21-7-2-3-16(21)15-4-5-17-18(12-15)24-10-9-23-17/h4-6,8,11-12,16H,2-3,7,9-10,13H2,1H3/t16-/m0/s1. The molecule has 0 aliphatic carbocycles. The van der Waals surface area contributed by atoms with Crippen LogP contribution in [0.3, 0.4) is 0 Å². The molecule has 1 aromatic heterocycles. The van der Waals surface area contributed by atoms with Gasteiger partial charge in [0.05, 0.1) is 0 Å². The summed E-state index contributed by atoms with van der Waals surface area (Å²) in [5.41, 5.74) is 2.38. The molecule has 126 valence electrons. The van der Waals surface area contributed by atoms with Crippen LogP contribution in [0.15, 0.2) is 41.3 Å². The van der Waals surface area contributed by atoms with Crippen molar-refractivity contribution in [3.8, 4) is 11.5 Å². The predicted molar refractivity (Wildman–Crippen MR) is 91.5 cm³/mol. The fraction of sp³-hybridized carbons (Fsp3) is 0.421. The van der Waals surface area contributed by atoms with E-state index in [9.17, 15) is 4.79 Å². The SMILES string of the molecule is Cn1ccc(CN2CCC[C@H]2c2ccc3c(c2)OCCO3)cc1=O. The minimum absolute atomic E-state index is 0.0441. The van der Waals surface area contributed by atoms with Gasteiger partial charge in [0.2, 0.25) is 0 Å². The van der Waals surface area contributed by atoms with E-state index < -0.39 is 0 Å².